The maximum Gasteiger partial charge on any atom is 0.255 e. The third kappa shape index (κ3) is 5.47. The first-order valence-electron chi connectivity index (χ1n) is 8.50. The highest BCUT2D eigenvalue weighted by molar-refractivity contribution is 6.69. The number of nitrogens with one attached hydrogen (secondary N) is 1. The third-order valence-electron chi connectivity index (χ3n) is 4.12. The van der Waals surface area contributed by atoms with Crippen molar-refractivity contribution in [3.8, 4) is 0 Å². The molecule has 1 aromatic heterocycles. The number of carbonyl (C=O) groups excluding carboxylic acids is 2. The summed E-state index contributed by atoms with van der Waals surface area (Å²) in [5.41, 5.74) is 1.12. The van der Waals surface area contributed by atoms with Crippen molar-refractivity contribution in [2.45, 2.75) is 22.8 Å². The van der Waals surface area contributed by atoms with Crippen LogP contribution in [0.25, 0.3) is 0 Å². The number of aromatic nitrogens is 1. The Labute approximate surface area is 179 Å². The van der Waals surface area contributed by atoms with Gasteiger partial charge in [0, 0.05) is 24.5 Å². The molecule has 1 N–H and O–H groups in total. The summed E-state index contributed by atoms with van der Waals surface area (Å²) in [6.07, 6.45) is 4.48. The largest absolute Gasteiger partial charge is 0.351 e. The lowest BCUT2D eigenvalue weighted by molar-refractivity contribution is -0.126. The predicted octanol–water partition coefficient (Wildman–Crippen LogP) is 4.33. The van der Waals surface area contributed by atoms with E-state index in [1.54, 1.807) is 19.1 Å². The number of carbonyl (C=O) groups is 2. The highest BCUT2D eigenvalue weighted by atomic mass is 35.6. The quantitative estimate of drug-likeness (QED) is 0.515. The minimum absolute atomic E-state index is 0.174. The van der Waals surface area contributed by atoms with E-state index in [1.807, 2.05) is 30.3 Å². The molecule has 2 rings (SSSR count). The van der Waals surface area contributed by atoms with Gasteiger partial charge in [-0.05, 0) is 24.6 Å². The van der Waals surface area contributed by atoms with Gasteiger partial charge in [-0.2, -0.15) is 0 Å². The van der Waals surface area contributed by atoms with E-state index in [2.05, 4.69) is 16.9 Å². The van der Waals surface area contributed by atoms with Crippen molar-refractivity contribution in [2.75, 3.05) is 6.54 Å². The summed E-state index contributed by atoms with van der Waals surface area (Å²) < 4.78 is -2.06. The van der Waals surface area contributed by atoms with Crippen LogP contribution in [0.15, 0.2) is 67.5 Å². The van der Waals surface area contributed by atoms with Crippen LogP contribution in [0.4, 0.5) is 0 Å². The molecule has 0 spiro atoms. The Balaban J connectivity index is 2.55. The van der Waals surface area contributed by atoms with Crippen LogP contribution < -0.4 is 5.32 Å². The number of amides is 2. The zero-order valence-corrected chi connectivity index (χ0v) is 17.5. The van der Waals surface area contributed by atoms with E-state index in [0.717, 1.165) is 5.56 Å². The van der Waals surface area contributed by atoms with Gasteiger partial charge in [0.25, 0.3) is 5.91 Å². The first-order valence-corrected chi connectivity index (χ1v) is 9.63. The minimum Gasteiger partial charge on any atom is -0.351 e. The molecule has 0 aliphatic carbocycles. The molecule has 2 atom stereocenters. The second kappa shape index (κ2) is 9.92. The molecule has 0 fully saturated rings. The highest BCUT2D eigenvalue weighted by Gasteiger charge is 2.46. The fourth-order valence-electron chi connectivity index (χ4n) is 2.75. The fourth-order valence-corrected chi connectivity index (χ4v) is 3.37. The Morgan fingerprint density at radius 1 is 1.18 bits per heavy atom. The van der Waals surface area contributed by atoms with Crippen molar-refractivity contribution in [1.82, 2.24) is 15.2 Å². The standard InChI is InChI=1S/C20H20Cl3N3O2/c1-3-11-25-18(27)17(20(21,22)23)26(14(2)15-7-5-4-6-8-15)19(28)16-9-12-24-13-10-16/h3-10,12-14,17H,1,11H2,2H3,(H,25,27). The molecule has 0 radical (unpaired) electrons. The van der Waals surface area contributed by atoms with Crippen molar-refractivity contribution in [3.63, 3.8) is 0 Å². The van der Waals surface area contributed by atoms with Crippen molar-refractivity contribution in [1.29, 1.82) is 0 Å². The van der Waals surface area contributed by atoms with Crippen molar-refractivity contribution in [2.24, 2.45) is 0 Å². The second-order valence-corrected chi connectivity index (χ2v) is 8.38. The van der Waals surface area contributed by atoms with Crippen LogP contribution in [-0.2, 0) is 4.79 Å². The molecule has 0 saturated heterocycles. The SMILES string of the molecule is C=CCNC(=O)C(N(C(=O)c1ccncc1)C(C)c1ccccc1)C(Cl)(Cl)Cl. The number of rotatable bonds is 7. The number of hydrogen-bond acceptors (Lipinski definition) is 3. The molecular weight excluding hydrogens is 421 g/mol. The van der Waals surface area contributed by atoms with Gasteiger partial charge < -0.3 is 10.2 Å². The molecule has 2 unspecified atom stereocenters. The molecule has 5 nitrogen and oxygen atoms in total. The molecular formula is C20H20Cl3N3O2. The van der Waals surface area contributed by atoms with Gasteiger partial charge >= 0.3 is 0 Å². The summed E-state index contributed by atoms with van der Waals surface area (Å²) in [6.45, 7) is 5.51. The fraction of sp³-hybridized carbons (Fsp3) is 0.250. The summed E-state index contributed by atoms with van der Waals surface area (Å²) in [6, 6.07) is 10.4. The Bertz CT molecular complexity index is 810. The molecule has 148 valence electrons. The molecule has 2 amide bonds. The van der Waals surface area contributed by atoms with Gasteiger partial charge in [0.2, 0.25) is 9.70 Å². The topological polar surface area (TPSA) is 62.3 Å². The maximum atomic E-state index is 13.3. The molecule has 1 heterocycles. The summed E-state index contributed by atoms with van der Waals surface area (Å²) in [7, 11) is 0. The lowest BCUT2D eigenvalue weighted by atomic mass is 10.0. The van der Waals surface area contributed by atoms with Gasteiger partial charge in [0.15, 0.2) is 6.04 Å². The number of nitrogens with zero attached hydrogens (tertiary/aromatic N) is 2. The van der Waals surface area contributed by atoms with Crippen LogP contribution in [0, 0.1) is 0 Å². The second-order valence-electron chi connectivity index (χ2n) is 6.01. The van der Waals surface area contributed by atoms with Crippen molar-refractivity contribution >= 4 is 46.6 Å². The van der Waals surface area contributed by atoms with E-state index in [1.165, 1.54) is 23.4 Å². The van der Waals surface area contributed by atoms with Gasteiger partial charge in [0.1, 0.15) is 0 Å². The molecule has 0 aliphatic rings. The minimum atomic E-state index is -2.06. The van der Waals surface area contributed by atoms with Gasteiger partial charge in [-0.3, -0.25) is 14.6 Å². The number of halogens is 3. The van der Waals surface area contributed by atoms with E-state index in [0.29, 0.717) is 5.56 Å². The summed E-state index contributed by atoms with van der Waals surface area (Å²) in [5, 5.41) is 2.62. The van der Waals surface area contributed by atoms with E-state index >= 15 is 0 Å². The van der Waals surface area contributed by atoms with E-state index in [9.17, 15) is 9.59 Å². The highest BCUT2D eigenvalue weighted by Crippen LogP contribution is 2.38. The average molecular weight is 441 g/mol. The number of pyridine rings is 1. The number of alkyl halides is 3. The predicted molar refractivity (Wildman–Crippen MR) is 113 cm³/mol. The van der Waals surface area contributed by atoms with E-state index in [4.69, 9.17) is 34.8 Å². The Hall–Kier alpha value is -2.08. The normalized spacial score (nSPS) is 13.3. The third-order valence-corrected chi connectivity index (χ3v) is 4.74. The zero-order chi connectivity index (χ0) is 20.7. The van der Waals surface area contributed by atoms with Crippen LogP contribution in [0.2, 0.25) is 0 Å². The molecule has 8 heteroatoms. The van der Waals surface area contributed by atoms with Gasteiger partial charge in [0.05, 0.1) is 6.04 Å². The summed E-state index contributed by atoms with van der Waals surface area (Å²) >= 11 is 18.5. The first-order chi connectivity index (χ1) is 13.3. The van der Waals surface area contributed by atoms with Gasteiger partial charge in [-0.1, -0.05) is 71.2 Å². The Morgan fingerprint density at radius 2 is 1.79 bits per heavy atom. The zero-order valence-electron chi connectivity index (χ0n) is 15.2. The summed E-state index contributed by atoms with van der Waals surface area (Å²) in [4.78, 5) is 31.4. The Morgan fingerprint density at radius 3 is 2.32 bits per heavy atom. The average Bonchev–Trinajstić information content (AvgIpc) is 2.69. The molecule has 0 bridgehead atoms. The van der Waals surface area contributed by atoms with E-state index in [-0.39, 0.29) is 6.54 Å². The number of benzene rings is 1. The monoisotopic (exact) mass is 439 g/mol. The van der Waals surface area contributed by atoms with E-state index < -0.39 is 27.7 Å². The van der Waals surface area contributed by atoms with Gasteiger partial charge in [-0.25, -0.2) is 0 Å². The van der Waals surface area contributed by atoms with Crippen LogP contribution in [0.5, 0.6) is 0 Å². The van der Waals surface area contributed by atoms with Gasteiger partial charge in [-0.15, -0.1) is 6.58 Å². The van der Waals surface area contributed by atoms with Crippen LogP contribution in [0.1, 0.15) is 28.9 Å². The van der Waals surface area contributed by atoms with Crippen molar-refractivity contribution < 1.29 is 9.59 Å². The number of hydrogen-bond donors (Lipinski definition) is 1. The lowest BCUT2D eigenvalue weighted by Gasteiger charge is -2.39. The molecule has 0 saturated carbocycles. The molecule has 0 aliphatic heterocycles. The van der Waals surface area contributed by atoms with Crippen molar-refractivity contribution in [3.05, 3.63) is 78.6 Å². The summed E-state index contributed by atoms with van der Waals surface area (Å²) in [5.74, 6) is -1.05. The molecule has 2 aromatic rings. The van der Waals surface area contributed by atoms with Crippen LogP contribution in [0.3, 0.4) is 0 Å². The lowest BCUT2D eigenvalue weighted by Crippen LogP contribution is -2.56. The smallest absolute Gasteiger partial charge is 0.255 e. The Kier molecular flexibility index (Phi) is 7.87. The molecule has 1 aromatic carbocycles. The van der Waals surface area contributed by atoms with Crippen LogP contribution >= 0.6 is 34.8 Å². The molecule has 28 heavy (non-hydrogen) atoms. The maximum absolute atomic E-state index is 13.3. The first kappa shape index (κ1) is 22.2. The van der Waals surface area contributed by atoms with Crippen LogP contribution in [-0.4, -0.2) is 38.1 Å².